The molecule has 3 amide bonds. The minimum Gasteiger partial charge on any atom is -0.376 e. The highest BCUT2D eigenvalue weighted by Crippen LogP contribution is 2.27. The Morgan fingerprint density at radius 3 is 2.78 bits per heavy atom. The van der Waals surface area contributed by atoms with Crippen LogP contribution < -0.4 is 5.32 Å². The number of anilines is 1. The largest absolute Gasteiger partial charge is 0.376 e. The van der Waals surface area contributed by atoms with Crippen molar-refractivity contribution in [2.45, 2.75) is 25.4 Å². The topological polar surface area (TPSA) is 75.7 Å². The van der Waals surface area contributed by atoms with Crippen LogP contribution in [0.15, 0.2) is 18.2 Å². The third-order valence-electron chi connectivity index (χ3n) is 3.99. The predicted molar refractivity (Wildman–Crippen MR) is 84.7 cm³/mol. The Hall–Kier alpha value is -1.92. The molecule has 0 aromatic heterocycles. The highest BCUT2D eigenvalue weighted by Gasteiger charge is 2.37. The lowest BCUT2D eigenvalue weighted by Gasteiger charge is -2.17. The van der Waals surface area contributed by atoms with Gasteiger partial charge in [-0.1, -0.05) is 0 Å². The van der Waals surface area contributed by atoms with Gasteiger partial charge in [-0.15, -0.1) is 11.6 Å². The molecule has 23 heavy (non-hydrogen) atoms. The van der Waals surface area contributed by atoms with Gasteiger partial charge in [-0.25, -0.2) is 0 Å². The van der Waals surface area contributed by atoms with Gasteiger partial charge in [0, 0.05) is 24.6 Å². The zero-order valence-electron chi connectivity index (χ0n) is 12.5. The lowest BCUT2D eigenvalue weighted by molar-refractivity contribution is -0.115. The molecular formula is C16H17ClN2O4. The number of nitrogens with zero attached hydrogens (tertiary/aromatic N) is 1. The number of amides is 3. The second-order valence-corrected chi connectivity index (χ2v) is 5.98. The van der Waals surface area contributed by atoms with Gasteiger partial charge in [-0.3, -0.25) is 19.3 Å². The van der Waals surface area contributed by atoms with Crippen LogP contribution in [0.4, 0.5) is 5.69 Å². The molecule has 0 bridgehead atoms. The molecule has 1 atom stereocenters. The van der Waals surface area contributed by atoms with Crippen molar-refractivity contribution in [1.29, 1.82) is 0 Å². The van der Waals surface area contributed by atoms with E-state index in [4.69, 9.17) is 16.3 Å². The fraction of sp³-hybridized carbons (Fsp3) is 0.438. The molecule has 0 saturated carbocycles. The number of hydrogen-bond acceptors (Lipinski definition) is 4. The first kappa shape index (κ1) is 16.0. The molecule has 1 aromatic rings. The first-order valence-corrected chi connectivity index (χ1v) is 8.11. The summed E-state index contributed by atoms with van der Waals surface area (Å²) in [6.45, 7) is 0.949. The Bertz CT molecular complexity index is 655. The summed E-state index contributed by atoms with van der Waals surface area (Å²) < 4.78 is 5.50. The van der Waals surface area contributed by atoms with E-state index >= 15 is 0 Å². The Balaban J connectivity index is 1.76. The van der Waals surface area contributed by atoms with Gasteiger partial charge in [0.15, 0.2) is 0 Å². The van der Waals surface area contributed by atoms with Crippen LogP contribution in [0.1, 0.15) is 40.0 Å². The summed E-state index contributed by atoms with van der Waals surface area (Å²) in [7, 11) is 0. The maximum Gasteiger partial charge on any atom is 0.261 e. The Morgan fingerprint density at radius 1 is 1.30 bits per heavy atom. The van der Waals surface area contributed by atoms with E-state index in [0.717, 1.165) is 12.8 Å². The molecule has 0 unspecified atom stereocenters. The average Bonchev–Trinajstić information content (AvgIpc) is 3.11. The third kappa shape index (κ3) is 3.23. The zero-order chi connectivity index (χ0) is 16.4. The summed E-state index contributed by atoms with van der Waals surface area (Å²) in [6, 6.07) is 4.73. The normalized spacial score (nSPS) is 20.0. The number of benzene rings is 1. The van der Waals surface area contributed by atoms with Crippen molar-refractivity contribution >= 4 is 35.0 Å². The monoisotopic (exact) mass is 336 g/mol. The summed E-state index contributed by atoms with van der Waals surface area (Å²) in [6.07, 6.45) is 1.91. The van der Waals surface area contributed by atoms with Gasteiger partial charge in [0.05, 0.1) is 23.8 Å². The van der Waals surface area contributed by atoms with Crippen LogP contribution in [0.2, 0.25) is 0 Å². The second kappa shape index (κ2) is 6.68. The van der Waals surface area contributed by atoms with E-state index in [1.807, 2.05) is 0 Å². The van der Waals surface area contributed by atoms with Gasteiger partial charge in [0.2, 0.25) is 5.91 Å². The number of imide groups is 1. The van der Waals surface area contributed by atoms with Crippen molar-refractivity contribution in [2.24, 2.45) is 0 Å². The molecule has 1 N–H and O–H groups in total. The summed E-state index contributed by atoms with van der Waals surface area (Å²) in [4.78, 5) is 37.7. The number of carbonyl (C=O) groups is 3. The SMILES string of the molecule is O=C(CCCl)Nc1ccc2c(c1)C(=O)N(C[C@H]1CCCO1)C2=O. The third-order valence-corrected chi connectivity index (χ3v) is 4.18. The molecule has 0 aliphatic carbocycles. The number of ether oxygens (including phenoxy) is 1. The van der Waals surface area contributed by atoms with Crippen molar-refractivity contribution < 1.29 is 19.1 Å². The maximum absolute atomic E-state index is 12.5. The van der Waals surface area contributed by atoms with Crippen LogP contribution in [0.3, 0.4) is 0 Å². The van der Waals surface area contributed by atoms with Crippen molar-refractivity contribution in [2.75, 3.05) is 24.3 Å². The van der Waals surface area contributed by atoms with E-state index in [2.05, 4.69) is 5.32 Å². The molecule has 122 valence electrons. The van der Waals surface area contributed by atoms with Gasteiger partial charge < -0.3 is 10.1 Å². The first-order chi connectivity index (χ1) is 11.1. The van der Waals surface area contributed by atoms with Crippen LogP contribution in [-0.4, -0.2) is 47.8 Å². The fourth-order valence-corrected chi connectivity index (χ4v) is 3.01. The lowest BCUT2D eigenvalue weighted by Crippen LogP contribution is -2.36. The molecule has 1 aromatic carbocycles. The number of carbonyl (C=O) groups excluding carboxylic acids is 3. The molecule has 0 radical (unpaired) electrons. The zero-order valence-corrected chi connectivity index (χ0v) is 13.3. The van der Waals surface area contributed by atoms with E-state index in [1.165, 1.54) is 11.0 Å². The molecular weight excluding hydrogens is 320 g/mol. The van der Waals surface area contributed by atoms with Crippen molar-refractivity contribution in [3.63, 3.8) is 0 Å². The van der Waals surface area contributed by atoms with Crippen LogP contribution in [0, 0.1) is 0 Å². The van der Waals surface area contributed by atoms with E-state index in [1.54, 1.807) is 12.1 Å². The Kier molecular flexibility index (Phi) is 4.63. The van der Waals surface area contributed by atoms with Crippen LogP contribution >= 0.6 is 11.6 Å². The molecule has 2 heterocycles. The molecule has 2 aliphatic rings. The lowest BCUT2D eigenvalue weighted by atomic mass is 10.1. The quantitative estimate of drug-likeness (QED) is 0.659. The van der Waals surface area contributed by atoms with E-state index in [0.29, 0.717) is 23.4 Å². The molecule has 6 nitrogen and oxygen atoms in total. The van der Waals surface area contributed by atoms with Gasteiger partial charge in [0.25, 0.3) is 11.8 Å². The number of nitrogens with one attached hydrogen (secondary N) is 1. The smallest absolute Gasteiger partial charge is 0.261 e. The standard InChI is InChI=1S/C16H17ClN2O4/c17-6-5-14(20)18-10-3-4-12-13(8-10)16(22)19(15(12)21)9-11-2-1-7-23-11/h3-4,8,11H,1-2,5-7,9H2,(H,18,20)/t11-/m1/s1. The summed E-state index contributed by atoms with van der Waals surface area (Å²) in [5, 5.41) is 2.67. The number of rotatable bonds is 5. The average molecular weight is 337 g/mol. The molecule has 7 heteroatoms. The maximum atomic E-state index is 12.5. The van der Waals surface area contributed by atoms with Crippen molar-refractivity contribution in [1.82, 2.24) is 4.90 Å². The van der Waals surface area contributed by atoms with Crippen LogP contribution in [0.25, 0.3) is 0 Å². The van der Waals surface area contributed by atoms with E-state index < -0.39 is 0 Å². The first-order valence-electron chi connectivity index (χ1n) is 7.58. The molecule has 1 fully saturated rings. The number of halogens is 1. The highest BCUT2D eigenvalue weighted by atomic mass is 35.5. The molecule has 2 aliphatic heterocycles. The summed E-state index contributed by atoms with van der Waals surface area (Å²) in [5.74, 6) is -0.649. The van der Waals surface area contributed by atoms with E-state index in [9.17, 15) is 14.4 Å². The van der Waals surface area contributed by atoms with Gasteiger partial charge in [0.1, 0.15) is 0 Å². The summed E-state index contributed by atoms with van der Waals surface area (Å²) in [5.41, 5.74) is 1.17. The number of alkyl halides is 1. The van der Waals surface area contributed by atoms with E-state index in [-0.39, 0.29) is 42.7 Å². The fourth-order valence-electron chi connectivity index (χ4n) is 2.84. The van der Waals surface area contributed by atoms with Crippen LogP contribution in [0.5, 0.6) is 0 Å². The summed E-state index contributed by atoms with van der Waals surface area (Å²) >= 11 is 5.52. The second-order valence-electron chi connectivity index (χ2n) is 5.60. The van der Waals surface area contributed by atoms with Gasteiger partial charge >= 0.3 is 0 Å². The molecule has 3 rings (SSSR count). The predicted octanol–water partition coefficient (Wildman–Crippen LogP) is 2.03. The van der Waals surface area contributed by atoms with Gasteiger partial charge in [-0.2, -0.15) is 0 Å². The molecule has 1 saturated heterocycles. The Labute approximate surface area is 138 Å². The molecule has 0 spiro atoms. The minimum absolute atomic E-state index is 0.0832. The van der Waals surface area contributed by atoms with Crippen LogP contribution in [-0.2, 0) is 9.53 Å². The number of hydrogen-bond donors (Lipinski definition) is 1. The Morgan fingerprint density at radius 2 is 2.09 bits per heavy atom. The van der Waals surface area contributed by atoms with Crippen molar-refractivity contribution in [3.05, 3.63) is 29.3 Å². The van der Waals surface area contributed by atoms with Crippen molar-refractivity contribution in [3.8, 4) is 0 Å². The number of fused-ring (bicyclic) bond motifs is 1. The minimum atomic E-state index is -0.339. The van der Waals surface area contributed by atoms with Gasteiger partial charge in [-0.05, 0) is 31.0 Å². The highest BCUT2D eigenvalue weighted by molar-refractivity contribution is 6.22.